The van der Waals surface area contributed by atoms with E-state index in [1.807, 2.05) is 0 Å². The van der Waals surface area contributed by atoms with Gasteiger partial charge in [0.05, 0.1) is 11.3 Å². The number of benzene rings is 2. The second-order valence-electron chi connectivity index (χ2n) is 4.48. The quantitative estimate of drug-likeness (QED) is 0.369. The van der Waals surface area contributed by atoms with Crippen LogP contribution in [0.2, 0.25) is 0 Å². The van der Waals surface area contributed by atoms with Crippen LogP contribution >= 0.6 is 11.8 Å². The number of amidine groups is 1. The maximum Gasteiger partial charge on any atom is 0.416 e. The molecule has 0 spiro atoms. The van der Waals surface area contributed by atoms with Gasteiger partial charge in [-0.25, -0.2) is 4.99 Å². The number of nitrogens with zero attached hydrogens (tertiary/aromatic N) is 2. The van der Waals surface area contributed by atoms with Gasteiger partial charge in [-0.2, -0.15) is 18.4 Å². The smallest absolute Gasteiger partial charge is 0.416 e. The van der Waals surface area contributed by atoms with Crippen LogP contribution in [0, 0.1) is 11.5 Å². The molecule has 0 atom stereocenters. The van der Waals surface area contributed by atoms with Crippen LogP contribution in [-0.2, 0) is 6.18 Å². The van der Waals surface area contributed by atoms with Crippen molar-refractivity contribution in [2.75, 3.05) is 6.26 Å². The van der Waals surface area contributed by atoms with Crippen LogP contribution < -0.4 is 10.1 Å². The fraction of sp³-hybridized carbons (Fsp3) is 0.125. The zero-order chi connectivity index (χ0) is 17.6. The summed E-state index contributed by atoms with van der Waals surface area (Å²) in [6, 6.07) is 11.1. The highest BCUT2D eigenvalue weighted by Crippen LogP contribution is 2.31. The minimum absolute atomic E-state index is 0.301. The van der Waals surface area contributed by atoms with Crippen molar-refractivity contribution in [2.24, 2.45) is 4.99 Å². The van der Waals surface area contributed by atoms with Gasteiger partial charge >= 0.3 is 6.18 Å². The molecule has 0 bridgehead atoms. The average molecular weight is 351 g/mol. The first kappa shape index (κ1) is 17.7. The normalized spacial score (nSPS) is 11.7. The van der Waals surface area contributed by atoms with E-state index < -0.39 is 11.7 Å². The molecule has 0 unspecified atom stereocenters. The summed E-state index contributed by atoms with van der Waals surface area (Å²) in [4.78, 5) is 4.22. The molecular weight excluding hydrogens is 339 g/mol. The van der Waals surface area contributed by atoms with Gasteiger partial charge in [0, 0.05) is 0 Å². The van der Waals surface area contributed by atoms with Crippen LogP contribution in [-0.4, -0.2) is 11.4 Å². The Bertz CT molecular complexity index is 750. The third-order valence-electron chi connectivity index (χ3n) is 2.84. The molecule has 2 aromatic carbocycles. The standard InChI is InChI=1S/C16H12F3N3OS/c1-24-15(21-10-20)22-12-4-8-14(9-5-12)23-13-6-2-11(3-7-13)16(17,18)19/h2-9H,1H3,(H,21,22). The summed E-state index contributed by atoms with van der Waals surface area (Å²) in [5.41, 5.74) is -0.115. The zero-order valence-corrected chi connectivity index (χ0v) is 13.3. The lowest BCUT2D eigenvalue weighted by molar-refractivity contribution is -0.137. The summed E-state index contributed by atoms with van der Waals surface area (Å²) in [7, 11) is 0. The number of rotatable bonds is 3. The van der Waals surface area contributed by atoms with Gasteiger partial charge in [-0.05, 0) is 54.8 Å². The molecule has 0 saturated heterocycles. The summed E-state index contributed by atoms with van der Waals surface area (Å²) in [5, 5.41) is 11.5. The highest BCUT2D eigenvalue weighted by molar-refractivity contribution is 8.13. The number of nitrogens with one attached hydrogen (secondary N) is 1. The lowest BCUT2D eigenvalue weighted by Gasteiger charge is -2.09. The third-order valence-corrected chi connectivity index (χ3v) is 3.42. The Morgan fingerprint density at radius 3 is 2.08 bits per heavy atom. The fourth-order valence-electron chi connectivity index (χ4n) is 1.73. The largest absolute Gasteiger partial charge is 0.457 e. The molecule has 0 aliphatic carbocycles. The molecule has 0 aliphatic heterocycles. The van der Waals surface area contributed by atoms with Gasteiger partial charge in [0.15, 0.2) is 11.4 Å². The van der Waals surface area contributed by atoms with Crippen molar-refractivity contribution < 1.29 is 17.9 Å². The van der Waals surface area contributed by atoms with Gasteiger partial charge in [0.2, 0.25) is 0 Å². The van der Waals surface area contributed by atoms with Crippen molar-refractivity contribution in [1.82, 2.24) is 5.32 Å². The van der Waals surface area contributed by atoms with E-state index in [2.05, 4.69) is 10.3 Å². The van der Waals surface area contributed by atoms with Crippen LogP contribution in [0.1, 0.15) is 5.56 Å². The molecular formula is C16H12F3N3OS. The molecule has 8 heteroatoms. The highest BCUT2D eigenvalue weighted by atomic mass is 32.2. The molecule has 0 aliphatic rings. The van der Waals surface area contributed by atoms with Gasteiger partial charge in [0.25, 0.3) is 0 Å². The number of aliphatic imine (C=N–C) groups is 1. The molecule has 0 radical (unpaired) electrons. The van der Waals surface area contributed by atoms with Gasteiger partial charge in [0.1, 0.15) is 11.5 Å². The van der Waals surface area contributed by atoms with E-state index in [-0.39, 0.29) is 0 Å². The molecule has 0 saturated carbocycles. The van der Waals surface area contributed by atoms with E-state index >= 15 is 0 Å². The molecule has 4 nitrogen and oxygen atoms in total. The number of hydrogen-bond acceptors (Lipinski definition) is 4. The van der Waals surface area contributed by atoms with Crippen molar-refractivity contribution >= 4 is 22.6 Å². The molecule has 0 amide bonds. The van der Waals surface area contributed by atoms with Crippen molar-refractivity contribution in [3.63, 3.8) is 0 Å². The summed E-state index contributed by atoms with van der Waals surface area (Å²) < 4.78 is 43.0. The van der Waals surface area contributed by atoms with Crippen molar-refractivity contribution in [3.05, 3.63) is 54.1 Å². The molecule has 2 rings (SSSR count). The summed E-state index contributed by atoms with van der Waals surface area (Å²) in [6.45, 7) is 0. The summed E-state index contributed by atoms with van der Waals surface area (Å²) >= 11 is 1.29. The Morgan fingerprint density at radius 1 is 1.08 bits per heavy atom. The minimum Gasteiger partial charge on any atom is -0.457 e. The van der Waals surface area contributed by atoms with Gasteiger partial charge in [-0.1, -0.05) is 11.8 Å². The Labute approximate surface area is 141 Å². The number of hydrogen-bond donors (Lipinski definition) is 1. The summed E-state index contributed by atoms with van der Waals surface area (Å²) in [5.74, 6) is 0.767. The van der Waals surface area contributed by atoms with E-state index in [4.69, 9.17) is 10.00 Å². The maximum absolute atomic E-state index is 12.5. The van der Waals surface area contributed by atoms with Crippen molar-refractivity contribution in [3.8, 4) is 17.7 Å². The molecule has 124 valence electrons. The summed E-state index contributed by atoms with van der Waals surface area (Å²) in [6.07, 6.45) is -0.796. The second kappa shape index (κ2) is 7.75. The lowest BCUT2D eigenvalue weighted by Crippen LogP contribution is -2.12. The van der Waals surface area contributed by atoms with E-state index in [9.17, 15) is 13.2 Å². The van der Waals surface area contributed by atoms with Crippen LogP contribution in [0.25, 0.3) is 0 Å². The first-order valence-corrected chi connectivity index (χ1v) is 7.88. The van der Waals surface area contributed by atoms with E-state index in [0.717, 1.165) is 12.1 Å². The molecule has 2 aromatic rings. The first-order chi connectivity index (χ1) is 11.4. The molecule has 24 heavy (non-hydrogen) atoms. The molecule has 0 heterocycles. The van der Waals surface area contributed by atoms with Crippen LogP contribution in [0.4, 0.5) is 18.9 Å². The minimum atomic E-state index is -4.37. The van der Waals surface area contributed by atoms with Gasteiger partial charge in [-0.15, -0.1) is 0 Å². The second-order valence-corrected chi connectivity index (χ2v) is 5.27. The highest BCUT2D eigenvalue weighted by Gasteiger charge is 2.30. The number of thioether (sulfide) groups is 1. The monoisotopic (exact) mass is 351 g/mol. The Hall–Kier alpha value is -2.66. The first-order valence-electron chi connectivity index (χ1n) is 6.65. The number of ether oxygens (including phenoxy) is 1. The number of nitriles is 1. The van der Waals surface area contributed by atoms with E-state index in [1.165, 1.54) is 23.9 Å². The lowest BCUT2D eigenvalue weighted by atomic mass is 10.2. The van der Waals surface area contributed by atoms with Crippen molar-refractivity contribution in [1.29, 1.82) is 5.26 Å². The average Bonchev–Trinajstić information content (AvgIpc) is 2.56. The third kappa shape index (κ3) is 4.93. The molecule has 1 N–H and O–H groups in total. The van der Waals surface area contributed by atoms with Gasteiger partial charge in [-0.3, -0.25) is 5.32 Å². The Kier molecular flexibility index (Phi) is 5.71. The number of halogens is 3. The van der Waals surface area contributed by atoms with E-state index in [1.54, 1.807) is 36.7 Å². The Morgan fingerprint density at radius 2 is 1.62 bits per heavy atom. The van der Waals surface area contributed by atoms with Crippen LogP contribution in [0.5, 0.6) is 11.5 Å². The van der Waals surface area contributed by atoms with Crippen LogP contribution in [0.15, 0.2) is 53.5 Å². The SMILES string of the molecule is CSC(=Nc1ccc(Oc2ccc(C(F)(F)F)cc2)cc1)NC#N. The fourth-order valence-corrected chi connectivity index (χ4v) is 2.07. The molecule has 0 aromatic heterocycles. The topological polar surface area (TPSA) is 57.4 Å². The zero-order valence-electron chi connectivity index (χ0n) is 12.5. The van der Waals surface area contributed by atoms with Gasteiger partial charge < -0.3 is 4.74 Å². The molecule has 0 fully saturated rings. The maximum atomic E-state index is 12.5. The van der Waals surface area contributed by atoms with Crippen LogP contribution in [0.3, 0.4) is 0 Å². The Balaban J connectivity index is 2.08. The van der Waals surface area contributed by atoms with Crippen molar-refractivity contribution in [2.45, 2.75) is 6.18 Å². The number of alkyl halides is 3. The predicted octanol–water partition coefficient (Wildman–Crippen LogP) is 4.92. The van der Waals surface area contributed by atoms with E-state index in [0.29, 0.717) is 22.4 Å². The predicted molar refractivity (Wildman–Crippen MR) is 87.3 cm³/mol.